The summed E-state index contributed by atoms with van der Waals surface area (Å²) in [7, 11) is 1.33. The third kappa shape index (κ3) is 2.83. The predicted octanol–water partition coefficient (Wildman–Crippen LogP) is 3.88. The number of rotatable bonds is 3. The number of carbonyl (C=O) groups is 2. The Labute approximate surface area is 145 Å². The minimum Gasteiger partial charge on any atom is -0.465 e. The lowest BCUT2D eigenvalue weighted by molar-refractivity contribution is 0.0600. The Morgan fingerprint density at radius 1 is 1.12 bits per heavy atom. The molecule has 0 N–H and O–H groups in total. The minimum absolute atomic E-state index is 0.137. The number of anilines is 2. The average molecular weight is 345 g/mol. The summed E-state index contributed by atoms with van der Waals surface area (Å²) >= 11 is 6.16. The number of urea groups is 1. The lowest BCUT2D eigenvalue weighted by atomic mass is 10.2. The van der Waals surface area contributed by atoms with Crippen molar-refractivity contribution >= 4 is 35.0 Å². The van der Waals surface area contributed by atoms with Crippen molar-refractivity contribution in [3.8, 4) is 0 Å². The number of amides is 2. The highest BCUT2D eigenvalue weighted by molar-refractivity contribution is 6.31. The normalized spacial score (nSPS) is 14.2. The van der Waals surface area contributed by atoms with Gasteiger partial charge in [-0.05, 0) is 42.8 Å². The molecule has 2 amide bonds. The van der Waals surface area contributed by atoms with Crippen molar-refractivity contribution in [3.05, 3.63) is 58.6 Å². The van der Waals surface area contributed by atoms with Crippen LogP contribution in [0.25, 0.3) is 0 Å². The first kappa shape index (κ1) is 16.3. The van der Waals surface area contributed by atoms with E-state index in [0.29, 0.717) is 29.4 Å². The summed E-state index contributed by atoms with van der Waals surface area (Å²) in [4.78, 5) is 27.8. The SMILES string of the molecule is COC(=O)c1cccc(N2CCN(c3cccc(Cl)c3C)C2=O)c1. The standard InChI is InChI=1S/C18H17ClN2O3/c1-12-15(19)7-4-8-16(12)21-10-9-20(18(21)23)14-6-3-5-13(11-14)17(22)24-2/h3-8,11H,9-10H2,1-2H3. The van der Waals surface area contributed by atoms with Crippen LogP contribution in [0.1, 0.15) is 15.9 Å². The van der Waals surface area contributed by atoms with Gasteiger partial charge in [-0.15, -0.1) is 0 Å². The van der Waals surface area contributed by atoms with Gasteiger partial charge in [-0.2, -0.15) is 0 Å². The van der Waals surface area contributed by atoms with Crippen LogP contribution in [-0.2, 0) is 4.74 Å². The molecule has 2 aromatic rings. The van der Waals surface area contributed by atoms with Crippen LogP contribution in [0.2, 0.25) is 5.02 Å². The number of carbonyl (C=O) groups excluding carboxylic acids is 2. The zero-order valence-corrected chi connectivity index (χ0v) is 14.2. The molecule has 0 bridgehead atoms. The van der Waals surface area contributed by atoms with E-state index in [0.717, 1.165) is 11.3 Å². The highest BCUT2D eigenvalue weighted by Gasteiger charge is 2.32. The Bertz CT molecular complexity index is 807. The van der Waals surface area contributed by atoms with E-state index in [4.69, 9.17) is 16.3 Å². The molecule has 3 rings (SSSR count). The van der Waals surface area contributed by atoms with Crippen LogP contribution in [-0.4, -0.2) is 32.2 Å². The molecule has 1 aliphatic rings. The van der Waals surface area contributed by atoms with Gasteiger partial charge in [0.15, 0.2) is 0 Å². The van der Waals surface area contributed by atoms with Gasteiger partial charge in [-0.3, -0.25) is 9.80 Å². The number of methoxy groups -OCH3 is 1. The topological polar surface area (TPSA) is 49.9 Å². The first-order valence-corrected chi connectivity index (χ1v) is 7.93. The average Bonchev–Trinajstić information content (AvgIpc) is 2.98. The molecule has 0 saturated carbocycles. The van der Waals surface area contributed by atoms with E-state index in [2.05, 4.69) is 0 Å². The van der Waals surface area contributed by atoms with Crippen LogP contribution >= 0.6 is 11.6 Å². The van der Waals surface area contributed by atoms with E-state index in [1.54, 1.807) is 40.1 Å². The number of ether oxygens (including phenoxy) is 1. The molecule has 6 heteroatoms. The summed E-state index contributed by atoms with van der Waals surface area (Å²) in [5, 5.41) is 0.631. The molecule has 5 nitrogen and oxygen atoms in total. The third-order valence-corrected chi connectivity index (χ3v) is 4.53. The molecule has 124 valence electrons. The number of hydrogen-bond acceptors (Lipinski definition) is 3. The summed E-state index contributed by atoms with van der Waals surface area (Å²) in [5.74, 6) is -0.425. The predicted molar refractivity (Wildman–Crippen MR) is 94.1 cm³/mol. The summed E-state index contributed by atoms with van der Waals surface area (Å²) in [6.45, 7) is 2.99. The van der Waals surface area contributed by atoms with Crippen LogP contribution in [0.15, 0.2) is 42.5 Å². The van der Waals surface area contributed by atoms with E-state index in [1.165, 1.54) is 7.11 Å². The van der Waals surface area contributed by atoms with Crippen molar-refractivity contribution < 1.29 is 14.3 Å². The quantitative estimate of drug-likeness (QED) is 0.794. The first-order chi connectivity index (χ1) is 11.5. The van der Waals surface area contributed by atoms with Gasteiger partial charge in [0.1, 0.15) is 0 Å². The molecule has 1 aliphatic heterocycles. The fourth-order valence-corrected chi connectivity index (χ4v) is 2.98. The van der Waals surface area contributed by atoms with Gasteiger partial charge in [0, 0.05) is 29.5 Å². The molecule has 0 spiro atoms. The molecule has 1 fully saturated rings. The van der Waals surface area contributed by atoms with Crippen LogP contribution in [0.3, 0.4) is 0 Å². The van der Waals surface area contributed by atoms with Crippen molar-refractivity contribution in [1.29, 1.82) is 0 Å². The van der Waals surface area contributed by atoms with E-state index in [-0.39, 0.29) is 6.03 Å². The number of hydrogen-bond donors (Lipinski definition) is 0. The van der Waals surface area contributed by atoms with Crippen molar-refractivity contribution in [1.82, 2.24) is 0 Å². The van der Waals surface area contributed by atoms with E-state index >= 15 is 0 Å². The molecule has 1 saturated heterocycles. The van der Waals surface area contributed by atoms with Crippen molar-refractivity contribution in [3.63, 3.8) is 0 Å². The van der Waals surface area contributed by atoms with Gasteiger partial charge in [0.25, 0.3) is 0 Å². The Balaban J connectivity index is 1.89. The Morgan fingerprint density at radius 2 is 1.83 bits per heavy atom. The molecule has 0 radical (unpaired) electrons. The lowest BCUT2D eigenvalue weighted by Gasteiger charge is -2.21. The second kappa shape index (κ2) is 6.53. The van der Waals surface area contributed by atoms with Crippen molar-refractivity contribution in [2.24, 2.45) is 0 Å². The molecule has 24 heavy (non-hydrogen) atoms. The molecular weight excluding hydrogens is 328 g/mol. The summed E-state index contributed by atoms with van der Waals surface area (Å²) in [6.07, 6.45) is 0. The molecule has 2 aromatic carbocycles. The summed E-state index contributed by atoms with van der Waals surface area (Å²) < 4.78 is 4.73. The van der Waals surface area contributed by atoms with E-state index in [1.807, 2.05) is 19.1 Å². The summed E-state index contributed by atoms with van der Waals surface area (Å²) in [6, 6.07) is 12.3. The zero-order valence-electron chi connectivity index (χ0n) is 13.5. The Hall–Kier alpha value is -2.53. The Kier molecular flexibility index (Phi) is 4.44. The van der Waals surface area contributed by atoms with E-state index in [9.17, 15) is 9.59 Å². The maximum Gasteiger partial charge on any atom is 0.337 e. The van der Waals surface area contributed by atoms with Gasteiger partial charge in [-0.1, -0.05) is 23.7 Å². The van der Waals surface area contributed by atoms with Gasteiger partial charge in [0.2, 0.25) is 0 Å². The molecule has 0 aliphatic carbocycles. The molecule has 0 aromatic heterocycles. The highest BCUT2D eigenvalue weighted by Crippen LogP contribution is 2.31. The monoisotopic (exact) mass is 344 g/mol. The van der Waals surface area contributed by atoms with Crippen LogP contribution in [0.4, 0.5) is 16.2 Å². The molecule has 1 heterocycles. The molecular formula is C18H17ClN2O3. The second-order valence-electron chi connectivity index (χ2n) is 5.51. The van der Waals surface area contributed by atoms with Gasteiger partial charge < -0.3 is 4.74 Å². The van der Waals surface area contributed by atoms with Gasteiger partial charge in [0.05, 0.1) is 12.7 Å². The fourth-order valence-electron chi connectivity index (χ4n) is 2.81. The van der Waals surface area contributed by atoms with Crippen LogP contribution in [0, 0.1) is 6.92 Å². The second-order valence-corrected chi connectivity index (χ2v) is 5.92. The van der Waals surface area contributed by atoms with Crippen molar-refractivity contribution in [2.45, 2.75) is 6.92 Å². The largest absolute Gasteiger partial charge is 0.465 e. The number of benzene rings is 2. The maximum atomic E-state index is 12.8. The number of esters is 1. The number of nitrogens with zero attached hydrogens (tertiary/aromatic N) is 2. The van der Waals surface area contributed by atoms with Gasteiger partial charge in [-0.25, -0.2) is 9.59 Å². The molecule has 0 unspecified atom stereocenters. The first-order valence-electron chi connectivity index (χ1n) is 7.55. The van der Waals surface area contributed by atoms with Crippen molar-refractivity contribution in [2.75, 3.05) is 30.0 Å². The van der Waals surface area contributed by atoms with Crippen LogP contribution in [0.5, 0.6) is 0 Å². The summed E-state index contributed by atoms with van der Waals surface area (Å²) in [5.41, 5.74) is 2.77. The minimum atomic E-state index is -0.425. The fraction of sp³-hybridized carbons (Fsp3) is 0.222. The third-order valence-electron chi connectivity index (χ3n) is 4.12. The van der Waals surface area contributed by atoms with E-state index < -0.39 is 5.97 Å². The van der Waals surface area contributed by atoms with Gasteiger partial charge >= 0.3 is 12.0 Å². The maximum absolute atomic E-state index is 12.8. The van der Waals surface area contributed by atoms with Crippen LogP contribution < -0.4 is 9.80 Å². The number of halogens is 1. The zero-order chi connectivity index (χ0) is 17.3. The smallest absolute Gasteiger partial charge is 0.337 e. The highest BCUT2D eigenvalue weighted by atomic mass is 35.5. The molecule has 0 atom stereocenters. The Morgan fingerprint density at radius 3 is 2.58 bits per heavy atom. The lowest BCUT2D eigenvalue weighted by Crippen LogP contribution is -2.32.